The lowest BCUT2D eigenvalue weighted by Gasteiger charge is -2.42. The molecule has 0 heterocycles. The molecule has 0 aromatic heterocycles. The minimum absolute atomic E-state index is 0.188. The first-order valence-electron chi connectivity index (χ1n) is 6.58. The van der Waals surface area contributed by atoms with Crippen LogP contribution < -0.4 is 0 Å². The molecule has 0 spiro atoms. The highest BCUT2D eigenvalue weighted by Crippen LogP contribution is 2.64. The second-order valence-electron chi connectivity index (χ2n) is 5.49. The van der Waals surface area contributed by atoms with E-state index in [1.807, 2.05) is 0 Å². The van der Waals surface area contributed by atoms with Gasteiger partial charge in [-0.15, -0.1) is 0 Å². The fraction of sp³-hybridized carbons (Fsp3) is 0.900. The number of halogens is 17. The molecule has 32 heavy (non-hydrogen) atoms. The van der Waals surface area contributed by atoms with Gasteiger partial charge in [0.05, 0.1) is 0 Å². The van der Waals surface area contributed by atoms with Crippen molar-refractivity contribution < 1.29 is 92.0 Å². The van der Waals surface area contributed by atoms with Crippen LogP contribution in [0.3, 0.4) is 0 Å². The third kappa shape index (κ3) is 3.70. The number of alkyl halides is 17. The first kappa shape index (κ1) is 30.2. The summed E-state index contributed by atoms with van der Waals surface area (Å²) >= 11 is 0. The third-order valence-corrected chi connectivity index (χ3v) is 4.57. The Hall–Kier alpha value is -1.77. The summed E-state index contributed by atoms with van der Waals surface area (Å²) in [7, 11) is -7.80. The molecule has 0 saturated heterocycles. The van der Waals surface area contributed by atoms with Crippen LogP contribution in [0.1, 0.15) is 6.92 Å². The minimum Gasteiger partial charge on any atom is -0.342 e. The molecule has 0 saturated carbocycles. The Bertz CT molecular complexity index is 840. The second kappa shape index (κ2) is 7.37. The Morgan fingerprint density at radius 1 is 0.531 bits per heavy atom. The number of hydrogen-bond donors (Lipinski definition) is 0. The maximum absolute atomic E-state index is 13.3. The SMILES string of the molecule is CC(=O)OS(=O)(=O)C(F)(F)C(F)(F)C(F)(F)C(F)(F)C(F)(F)C(F)(F)C(F)(F)C(F)(F)F. The summed E-state index contributed by atoms with van der Waals surface area (Å²) in [6.45, 7) is -0.188. The van der Waals surface area contributed by atoms with Crippen LogP contribution in [0.25, 0.3) is 0 Å². The van der Waals surface area contributed by atoms with Gasteiger partial charge in [-0.3, -0.25) is 4.79 Å². The van der Waals surface area contributed by atoms with Gasteiger partial charge in [0, 0.05) is 6.92 Å². The molecule has 0 aromatic carbocycles. The predicted octanol–water partition coefficient (Wildman–Crippen LogP) is 4.85. The van der Waals surface area contributed by atoms with Gasteiger partial charge >= 0.3 is 63.1 Å². The van der Waals surface area contributed by atoms with Crippen molar-refractivity contribution in [2.75, 3.05) is 0 Å². The molecule has 0 aromatic rings. The maximum atomic E-state index is 13.3. The topological polar surface area (TPSA) is 60.4 Å². The van der Waals surface area contributed by atoms with Crippen molar-refractivity contribution in [2.45, 2.75) is 53.9 Å². The van der Waals surface area contributed by atoms with E-state index < -0.39 is 63.1 Å². The second-order valence-corrected chi connectivity index (χ2v) is 7.08. The molecule has 0 atom stereocenters. The molecular formula is C10H3F17O4S. The van der Waals surface area contributed by atoms with Gasteiger partial charge in [0.15, 0.2) is 0 Å². The zero-order valence-electron chi connectivity index (χ0n) is 14.0. The molecule has 4 nitrogen and oxygen atoms in total. The highest BCUT2D eigenvalue weighted by atomic mass is 32.2. The van der Waals surface area contributed by atoms with Gasteiger partial charge in [0.2, 0.25) is 0 Å². The molecular weight excluding hydrogens is 539 g/mol. The summed E-state index contributed by atoms with van der Waals surface area (Å²) in [6, 6.07) is 0. The highest BCUT2D eigenvalue weighted by Gasteiger charge is 2.96. The molecule has 0 rings (SSSR count). The van der Waals surface area contributed by atoms with Crippen molar-refractivity contribution in [3.05, 3.63) is 0 Å². The lowest BCUT2D eigenvalue weighted by molar-refractivity contribution is -0.458. The summed E-state index contributed by atoms with van der Waals surface area (Å²) in [5, 5.41) is -7.85. The van der Waals surface area contributed by atoms with Crippen LogP contribution >= 0.6 is 0 Å². The monoisotopic (exact) mass is 542 g/mol. The maximum Gasteiger partial charge on any atom is 0.460 e. The van der Waals surface area contributed by atoms with Crippen molar-refractivity contribution in [3.8, 4) is 0 Å². The Labute approximate surface area is 163 Å². The zero-order valence-corrected chi connectivity index (χ0v) is 14.8. The van der Waals surface area contributed by atoms with E-state index in [2.05, 4.69) is 4.18 Å². The van der Waals surface area contributed by atoms with Crippen molar-refractivity contribution in [2.24, 2.45) is 0 Å². The molecule has 0 aliphatic heterocycles. The normalized spacial score (nSPS) is 16.2. The zero-order chi connectivity index (χ0) is 26.8. The summed E-state index contributed by atoms with van der Waals surface area (Å²) < 4.78 is 243. The standard InChI is InChI=1S/C10H3F17O4S/c1-2(28)31-32(29,30)10(26,27)8(21,22)6(17,18)4(13,14)3(11,12)5(15,16)7(19,20)9(23,24)25/h1H3. The van der Waals surface area contributed by atoms with Crippen LogP contribution in [0.5, 0.6) is 0 Å². The van der Waals surface area contributed by atoms with Crippen LogP contribution in [-0.2, 0) is 19.1 Å². The van der Waals surface area contributed by atoms with Crippen LogP contribution in [-0.4, -0.2) is 61.4 Å². The Morgan fingerprint density at radius 2 is 0.781 bits per heavy atom. The third-order valence-electron chi connectivity index (χ3n) is 3.23. The van der Waals surface area contributed by atoms with Crippen molar-refractivity contribution in [1.29, 1.82) is 0 Å². The largest absolute Gasteiger partial charge is 0.460 e. The van der Waals surface area contributed by atoms with Gasteiger partial charge in [-0.1, -0.05) is 0 Å². The van der Waals surface area contributed by atoms with Crippen LogP contribution in [0.15, 0.2) is 0 Å². The van der Waals surface area contributed by atoms with Gasteiger partial charge in [-0.2, -0.15) is 83.1 Å². The summed E-state index contributed by atoms with van der Waals surface area (Å²) in [5.41, 5.74) is 0. The highest BCUT2D eigenvalue weighted by molar-refractivity contribution is 7.88. The summed E-state index contributed by atoms with van der Waals surface area (Å²) in [5.74, 6) is -54.7. The molecule has 0 amide bonds. The fourth-order valence-electron chi connectivity index (χ4n) is 1.51. The Morgan fingerprint density at radius 3 is 1.03 bits per heavy atom. The van der Waals surface area contributed by atoms with E-state index in [0.717, 1.165) is 0 Å². The van der Waals surface area contributed by atoms with Gasteiger partial charge in [0.1, 0.15) is 0 Å². The molecule has 0 N–H and O–H groups in total. The van der Waals surface area contributed by atoms with Crippen LogP contribution in [0.2, 0.25) is 0 Å². The van der Waals surface area contributed by atoms with Crippen LogP contribution in [0.4, 0.5) is 74.6 Å². The van der Waals surface area contributed by atoms with Crippen molar-refractivity contribution in [3.63, 3.8) is 0 Å². The van der Waals surface area contributed by atoms with E-state index in [-0.39, 0.29) is 6.92 Å². The van der Waals surface area contributed by atoms with Crippen LogP contribution in [0, 0.1) is 0 Å². The molecule has 0 fully saturated rings. The summed E-state index contributed by atoms with van der Waals surface area (Å²) in [4.78, 5) is 10.3. The van der Waals surface area contributed by atoms with Gasteiger partial charge in [-0.25, -0.2) is 0 Å². The molecule has 192 valence electrons. The van der Waals surface area contributed by atoms with Gasteiger partial charge in [-0.05, 0) is 0 Å². The van der Waals surface area contributed by atoms with E-state index in [0.29, 0.717) is 0 Å². The number of hydrogen-bond acceptors (Lipinski definition) is 4. The van der Waals surface area contributed by atoms with Crippen molar-refractivity contribution >= 4 is 16.1 Å². The Kier molecular flexibility index (Phi) is 6.96. The van der Waals surface area contributed by atoms with Gasteiger partial charge < -0.3 is 4.18 Å². The smallest absolute Gasteiger partial charge is 0.342 e. The Balaban J connectivity index is 6.95. The molecule has 0 unspecified atom stereocenters. The lowest BCUT2D eigenvalue weighted by atomic mass is 9.91. The minimum atomic E-state index is -8.93. The summed E-state index contributed by atoms with van der Waals surface area (Å²) in [6.07, 6.45) is -7.91. The average Bonchev–Trinajstić information content (AvgIpc) is 2.51. The number of carbonyl (C=O) groups excluding carboxylic acids is 1. The average molecular weight is 542 g/mol. The fourth-order valence-corrected chi connectivity index (χ4v) is 2.37. The van der Waals surface area contributed by atoms with E-state index >= 15 is 0 Å². The first-order chi connectivity index (χ1) is 13.4. The van der Waals surface area contributed by atoms with E-state index in [9.17, 15) is 87.8 Å². The molecule has 0 aliphatic rings. The number of carbonyl (C=O) groups is 1. The number of rotatable bonds is 8. The van der Waals surface area contributed by atoms with E-state index in [1.54, 1.807) is 0 Å². The molecule has 0 radical (unpaired) electrons. The predicted molar refractivity (Wildman–Crippen MR) is 61.4 cm³/mol. The lowest BCUT2D eigenvalue weighted by Crippen LogP contribution is -2.75. The molecule has 0 bridgehead atoms. The molecule has 22 heteroatoms. The van der Waals surface area contributed by atoms with Crippen molar-refractivity contribution in [1.82, 2.24) is 0 Å². The van der Waals surface area contributed by atoms with Gasteiger partial charge in [0.25, 0.3) is 0 Å². The van der Waals surface area contributed by atoms with E-state index in [1.165, 1.54) is 0 Å². The quantitative estimate of drug-likeness (QED) is 0.326. The molecule has 0 aliphatic carbocycles. The van der Waals surface area contributed by atoms with E-state index in [4.69, 9.17) is 0 Å². The first-order valence-corrected chi connectivity index (χ1v) is 7.98.